The summed E-state index contributed by atoms with van der Waals surface area (Å²) in [6, 6.07) is 4.02. The molecule has 0 aliphatic carbocycles. The largest absolute Gasteiger partial charge is 0.495 e. The third-order valence-corrected chi connectivity index (χ3v) is 6.31. The number of hydrogen-bond donors (Lipinski definition) is 2. The van der Waals surface area contributed by atoms with Gasteiger partial charge >= 0.3 is 8.80 Å². The standard InChI is InChI=1S/C16H29NO4SSi/c1-4-21-23(19,20)11-5-10-22-13-15-7-9-17(16(18)12-15)8-6-14(2)3/h7,9,12,14,19-20H,4-6,8,10-11,13H2,1-3H3. The number of aryl methyl sites for hydroxylation is 1. The average Bonchev–Trinajstić information content (AvgIpc) is 2.45. The Morgan fingerprint density at radius 3 is 2.74 bits per heavy atom. The van der Waals surface area contributed by atoms with Crippen molar-refractivity contribution in [2.24, 2.45) is 5.92 Å². The Bertz CT molecular complexity index is 519. The predicted octanol–water partition coefficient (Wildman–Crippen LogP) is 2.48. The summed E-state index contributed by atoms with van der Waals surface area (Å²) < 4.78 is 6.72. The van der Waals surface area contributed by atoms with Gasteiger partial charge in [0.1, 0.15) is 0 Å². The molecule has 0 aromatic carbocycles. The van der Waals surface area contributed by atoms with Crippen molar-refractivity contribution >= 4 is 20.6 Å². The minimum atomic E-state index is -3.43. The van der Waals surface area contributed by atoms with Gasteiger partial charge in [-0.2, -0.15) is 11.8 Å². The van der Waals surface area contributed by atoms with Gasteiger partial charge in [-0.25, -0.2) is 0 Å². The molecule has 0 saturated carbocycles. The monoisotopic (exact) mass is 359 g/mol. The molecule has 0 fully saturated rings. The van der Waals surface area contributed by atoms with E-state index in [1.165, 1.54) is 0 Å². The van der Waals surface area contributed by atoms with Crippen LogP contribution in [0.4, 0.5) is 0 Å². The molecule has 5 nitrogen and oxygen atoms in total. The van der Waals surface area contributed by atoms with Crippen LogP contribution in [0.15, 0.2) is 23.1 Å². The zero-order chi connectivity index (χ0) is 17.3. The van der Waals surface area contributed by atoms with Crippen molar-refractivity contribution in [3.8, 4) is 0 Å². The fourth-order valence-electron chi connectivity index (χ4n) is 2.12. The van der Waals surface area contributed by atoms with Crippen molar-refractivity contribution < 1.29 is 14.0 Å². The van der Waals surface area contributed by atoms with E-state index in [0.29, 0.717) is 25.0 Å². The second kappa shape index (κ2) is 10.3. The van der Waals surface area contributed by atoms with Gasteiger partial charge in [0, 0.05) is 37.2 Å². The maximum absolute atomic E-state index is 12.0. The highest BCUT2D eigenvalue weighted by molar-refractivity contribution is 7.98. The lowest BCUT2D eigenvalue weighted by atomic mass is 10.1. The summed E-state index contributed by atoms with van der Waals surface area (Å²) >= 11 is 1.69. The van der Waals surface area contributed by atoms with Gasteiger partial charge < -0.3 is 18.6 Å². The van der Waals surface area contributed by atoms with Crippen molar-refractivity contribution in [1.29, 1.82) is 0 Å². The molecule has 0 atom stereocenters. The Labute approximate surface area is 144 Å². The highest BCUT2D eigenvalue weighted by atomic mass is 32.2. The van der Waals surface area contributed by atoms with E-state index >= 15 is 0 Å². The SMILES string of the molecule is CCO[Si](O)(O)CCCSCc1ccn(CCC(C)C)c(=O)c1. The van der Waals surface area contributed by atoms with Gasteiger partial charge in [-0.15, -0.1) is 0 Å². The van der Waals surface area contributed by atoms with Crippen LogP contribution < -0.4 is 5.56 Å². The Morgan fingerprint density at radius 1 is 1.39 bits per heavy atom. The van der Waals surface area contributed by atoms with Crippen LogP contribution in [0.25, 0.3) is 0 Å². The first kappa shape index (κ1) is 20.4. The molecule has 0 spiro atoms. The van der Waals surface area contributed by atoms with Gasteiger partial charge in [0.05, 0.1) is 0 Å². The summed E-state index contributed by atoms with van der Waals surface area (Å²) in [7, 11) is -3.43. The molecule has 0 amide bonds. The fraction of sp³-hybridized carbons (Fsp3) is 0.688. The van der Waals surface area contributed by atoms with Crippen molar-refractivity contribution in [3.05, 3.63) is 34.2 Å². The van der Waals surface area contributed by atoms with E-state index in [1.54, 1.807) is 29.3 Å². The van der Waals surface area contributed by atoms with Gasteiger partial charge in [0.2, 0.25) is 0 Å². The van der Waals surface area contributed by atoms with Crippen molar-refractivity contribution in [1.82, 2.24) is 4.57 Å². The van der Waals surface area contributed by atoms with Gasteiger partial charge in [0.15, 0.2) is 0 Å². The van der Waals surface area contributed by atoms with Crippen LogP contribution in [0.3, 0.4) is 0 Å². The summed E-state index contributed by atoms with van der Waals surface area (Å²) in [6.45, 7) is 7.16. The smallest absolute Gasteiger partial charge is 0.390 e. The first-order valence-corrected chi connectivity index (χ1v) is 11.4. The number of aromatic nitrogens is 1. The Kier molecular flexibility index (Phi) is 9.16. The molecule has 1 rings (SSSR count). The number of nitrogens with zero attached hydrogens (tertiary/aromatic N) is 1. The van der Waals surface area contributed by atoms with Gasteiger partial charge in [-0.05, 0) is 43.1 Å². The topological polar surface area (TPSA) is 71.7 Å². The molecule has 23 heavy (non-hydrogen) atoms. The predicted molar refractivity (Wildman–Crippen MR) is 97.6 cm³/mol. The van der Waals surface area contributed by atoms with Crippen LogP contribution in [-0.2, 0) is 16.7 Å². The highest BCUT2D eigenvalue weighted by Crippen LogP contribution is 2.15. The molecule has 1 heterocycles. The summed E-state index contributed by atoms with van der Waals surface area (Å²) in [5, 5.41) is 0. The van der Waals surface area contributed by atoms with Gasteiger partial charge in [0.25, 0.3) is 5.56 Å². The molecule has 1 aromatic heterocycles. The molecule has 0 saturated heterocycles. The van der Waals surface area contributed by atoms with E-state index in [1.807, 2.05) is 12.3 Å². The Morgan fingerprint density at radius 2 is 2.13 bits per heavy atom. The maximum atomic E-state index is 12.0. The first-order chi connectivity index (χ1) is 10.8. The number of rotatable bonds is 11. The van der Waals surface area contributed by atoms with Gasteiger partial charge in [-0.1, -0.05) is 13.8 Å². The van der Waals surface area contributed by atoms with E-state index in [-0.39, 0.29) is 5.56 Å². The molecule has 1 aromatic rings. The molecule has 2 N–H and O–H groups in total. The Hall–Kier alpha value is -0.603. The third-order valence-electron chi connectivity index (χ3n) is 3.44. The van der Waals surface area contributed by atoms with Crippen molar-refractivity contribution in [3.63, 3.8) is 0 Å². The van der Waals surface area contributed by atoms with E-state index in [4.69, 9.17) is 4.43 Å². The van der Waals surface area contributed by atoms with Crippen LogP contribution in [-0.4, -0.2) is 35.3 Å². The molecule has 132 valence electrons. The molecular formula is C16H29NO4SSi. The molecule has 0 radical (unpaired) electrons. The number of thioether (sulfide) groups is 1. The lowest BCUT2D eigenvalue weighted by Gasteiger charge is -2.16. The lowest BCUT2D eigenvalue weighted by molar-refractivity contribution is 0.155. The summed E-state index contributed by atoms with van der Waals surface area (Å²) in [5.41, 5.74) is 1.07. The number of pyridine rings is 1. The van der Waals surface area contributed by atoms with Crippen molar-refractivity contribution in [2.45, 2.75) is 52.0 Å². The van der Waals surface area contributed by atoms with E-state index in [9.17, 15) is 14.4 Å². The van der Waals surface area contributed by atoms with E-state index in [2.05, 4.69) is 13.8 Å². The second-order valence-corrected chi connectivity index (χ2v) is 9.46. The summed E-state index contributed by atoms with van der Waals surface area (Å²) in [5.74, 6) is 2.17. The zero-order valence-electron chi connectivity index (χ0n) is 14.3. The third kappa shape index (κ3) is 8.71. The van der Waals surface area contributed by atoms with Crippen LogP contribution in [0.1, 0.15) is 39.2 Å². The molecule has 0 unspecified atom stereocenters. The molecule has 0 bridgehead atoms. The normalized spacial score (nSPS) is 12.1. The average molecular weight is 360 g/mol. The quantitative estimate of drug-likeness (QED) is 0.469. The lowest BCUT2D eigenvalue weighted by Crippen LogP contribution is -2.38. The van der Waals surface area contributed by atoms with Crippen LogP contribution >= 0.6 is 11.8 Å². The van der Waals surface area contributed by atoms with Crippen molar-refractivity contribution in [2.75, 3.05) is 12.4 Å². The summed E-state index contributed by atoms with van der Waals surface area (Å²) in [6.07, 6.45) is 3.58. The fourth-order valence-corrected chi connectivity index (χ4v) is 4.53. The minimum Gasteiger partial charge on any atom is -0.390 e. The van der Waals surface area contributed by atoms with Crippen LogP contribution in [0, 0.1) is 5.92 Å². The molecule has 0 aliphatic heterocycles. The van der Waals surface area contributed by atoms with Crippen LogP contribution in [0.2, 0.25) is 6.04 Å². The Balaban J connectivity index is 2.33. The molecule has 7 heteroatoms. The molecule has 0 aliphatic rings. The second-order valence-electron chi connectivity index (χ2n) is 6.08. The van der Waals surface area contributed by atoms with Crippen LogP contribution in [0.5, 0.6) is 0 Å². The first-order valence-electron chi connectivity index (χ1n) is 8.20. The highest BCUT2D eigenvalue weighted by Gasteiger charge is 2.30. The minimum absolute atomic E-state index is 0.0530. The van der Waals surface area contributed by atoms with E-state index in [0.717, 1.165) is 30.0 Å². The van der Waals surface area contributed by atoms with E-state index < -0.39 is 8.80 Å². The molecular weight excluding hydrogens is 330 g/mol. The van der Waals surface area contributed by atoms with Gasteiger partial charge in [-0.3, -0.25) is 4.79 Å². The zero-order valence-corrected chi connectivity index (χ0v) is 16.1. The maximum Gasteiger partial charge on any atom is 0.495 e. The summed E-state index contributed by atoms with van der Waals surface area (Å²) in [4.78, 5) is 31.2. The number of hydrogen-bond acceptors (Lipinski definition) is 5.